The molecule has 0 N–H and O–H groups in total. The minimum atomic E-state index is -2.20. The normalized spacial score (nSPS) is 43.8. The van der Waals surface area contributed by atoms with Gasteiger partial charge in [0.2, 0.25) is 0 Å². The lowest BCUT2D eigenvalue weighted by molar-refractivity contribution is 0.0447. The molecule has 0 aliphatic heterocycles. The first kappa shape index (κ1) is 56.5. The third-order valence-electron chi connectivity index (χ3n) is 30.7. The van der Waals surface area contributed by atoms with E-state index >= 15 is 70.2 Å². The van der Waals surface area contributed by atoms with Crippen LogP contribution in [0.4, 0.5) is 70.2 Å². The molecule has 0 amide bonds. The second-order valence-electron chi connectivity index (χ2n) is 32.1. The molecule has 15 aliphatic rings. The molecule has 22 unspecified atom stereocenters. The van der Waals surface area contributed by atoms with Gasteiger partial charge < -0.3 is 0 Å². The second kappa shape index (κ2) is 17.4. The van der Waals surface area contributed by atoms with Crippen molar-refractivity contribution in [3.63, 3.8) is 0 Å². The SMILES string of the molecule is CC1(Cc2cc(F)c(F)c(F)c2)C(Cc2cc(F)c(F)c(F)c2F)=C2C(Cc3cc(F)c(F)c(F)c3)=C1C1(c3cc(F)c(F)c(F)c3)C34C=C5C6CC78C9CCC%10C%11CCC%12C%13CCC%14C(CC13C%14CCC4C5CCC69)C%13CC%12C%11CC%107C28c1cc(F)c(F)c(F)c1. The summed E-state index contributed by atoms with van der Waals surface area (Å²) in [5, 5.41) is 0. The van der Waals surface area contributed by atoms with Crippen molar-refractivity contribution in [1.82, 2.24) is 0 Å². The van der Waals surface area contributed by atoms with Crippen molar-refractivity contribution in [1.29, 1.82) is 0 Å². The molecule has 16 heteroatoms. The molecule has 20 rings (SSSR count). The molecular formula is C76H62F16. The molecular weight excluding hydrogens is 1220 g/mol. The molecule has 0 saturated heterocycles. The zero-order valence-corrected chi connectivity index (χ0v) is 50.0. The maximum atomic E-state index is 17.6. The largest absolute Gasteiger partial charge is 0.204 e. The molecule has 22 atom stereocenters. The zero-order valence-electron chi connectivity index (χ0n) is 50.0. The Kier molecular flexibility index (Phi) is 10.7. The lowest BCUT2D eigenvalue weighted by Gasteiger charge is -2.45. The highest BCUT2D eigenvalue weighted by atomic mass is 19.2. The van der Waals surface area contributed by atoms with E-state index in [4.69, 9.17) is 0 Å². The van der Waals surface area contributed by atoms with Crippen molar-refractivity contribution in [2.45, 2.75) is 127 Å². The topological polar surface area (TPSA) is 0 Å². The average molecular weight is 1280 g/mol. The minimum absolute atomic E-state index is 0.0174. The first-order chi connectivity index (χ1) is 44.0. The molecule has 0 heterocycles. The Bertz CT molecular complexity index is 4320. The van der Waals surface area contributed by atoms with E-state index in [0.29, 0.717) is 69.3 Å². The van der Waals surface area contributed by atoms with Gasteiger partial charge >= 0.3 is 0 Å². The molecule has 4 spiro atoms. The molecule has 0 aromatic heterocycles. The second-order valence-corrected chi connectivity index (χ2v) is 32.1. The van der Waals surface area contributed by atoms with E-state index < -0.39 is 156 Å². The van der Waals surface area contributed by atoms with Crippen LogP contribution in [0.3, 0.4) is 0 Å². The molecule has 11 saturated carbocycles. The summed E-state index contributed by atoms with van der Waals surface area (Å²) in [6, 6.07) is 7.64. The van der Waals surface area contributed by atoms with Gasteiger partial charge in [0.25, 0.3) is 0 Å². The summed E-state index contributed by atoms with van der Waals surface area (Å²) < 4.78 is 267. The van der Waals surface area contributed by atoms with E-state index in [-0.39, 0.29) is 121 Å². The van der Waals surface area contributed by atoms with Crippen molar-refractivity contribution < 1.29 is 70.2 Å². The standard InChI is InChI=1S/C76H62F16/c1-70(24-30-15-54(79)64(88)55(80)16-30)51(17-31-18-56(81)67(91)68(92)62(31)86)61-42(12-29-13-52(77)63(87)53(78)14-29)69(70)76(33-21-59(84)66(90)60(85)22-33)73-26-44-37-5-3-35-34-2-4-36-43(40(34)23-41(35)44)25-71-47(36)8-9-48-38-6-7-39-46(28-74(73,76)50(39)11-10-49(37)73)45(38)27-72(48,71)75(61,71)32-19-57(82)65(89)58(83)20-32/h13-16,18-22,28,34-41,43-45,47-50H,2-12,17,23-27H2,1H3. The van der Waals surface area contributed by atoms with Gasteiger partial charge in [0, 0.05) is 21.7 Å². The Balaban J connectivity index is 1.06. The number of allylic oxidation sites excluding steroid dienone is 6. The Morgan fingerprint density at radius 1 is 0.370 bits per heavy atom. The van der Waals surface area contributed by atoms with Crippen LogP contribution in [-0.2, 0) is 30.1 Å². The van der Waals surface area contributed by atoms with Crippen LogP contribution < -0.4 is 0 Å². The number of rotatable bonds is 8. The van der Waals surface area contributed by atoms with E-state index in [2.05, 4.69) is 6.08 Å². The van der Waals surface area contributed by atoms with Crippen LogP contribution >= 0.6 is 0 Å². The van der Waals surface area contributed by atoms with Gasteiger partial charge in [-0.3, -0.25) is 0 Å². The molecule has 15 aliphatic carbocycles. The Labute approximate surface area is 520 Å². The number of hydrogen-bond donors (Lipinski definition) is 0. The summed E-state index contributed by atoms with van der Waals surface area (Å²) in [5.41, 5.74) is -9.88. The summed E-state index contributed by atoms with van der Waals surface area (Å²) in [6.07, 6.45) is 9.96. The van der Waals surface area contributed by atoms with Gasteiger partial charge in [0.05, 0.1) is 0 Å². The van der Waals surface area contributed by atoms with Gasteiger partial charge in [-0.15, -0.1) is 0 Å². The van der Waals surface area contributed by atoms with Crippen LogP contribution in [-0.4, -0.2) is 0 Å². The maximum absolute atomic E-state index is 17.6. The van der Waals surface area contributed by atoms with Crippen LogP contribution in [0.25, 0.3) is 0 Å². The number of benzene rings is 5. The summed E-state index contributed by atoms with van der Waals surface area (Å²) >= 11 is 0. The van der Waals surface area contributed by atoms with Gasteiger partial charge in [-0.25, -0.2) is 70.2 Å². The minimum Gasteiger partial charge on any atom is -0.204 e. The molecule has 92 heavy (non-hydrogen) atoms. The highest BCUT2D eigenvalue weighted by molar-refractivity contribution is 5.79. The monoisotopic (exact) mass is 1280 g/mol. The summed E-state index contributed by atoms with van der Waals surface area (Å²) in [6.45, 7) is 1.66. The molecule has 0 nitrogen and oxygen atoms in total. The number of halogens is 16. The van der Waals surface area contributed by atoms with Crippen LogP contribution in [0.15, 0.2) is 88.5 Å². The summed E-state index contributed by atoms with van der Waals surface area (Å²) in [4.78, 5) is 0. The molecule has 478 valence electrons. The van der Waals surface area contributed by atoms with E-state index in [0.717, 1.165) is 87.1 Å². The average Bonchev–Trinajstić information content (AvgIpc) is 1.39. The lowest BCUT2D eigenvalue weighted by Crippen LogP contribution is -2.38. The quantitative estimate of drug-likeness (QED) is 0.0629. The fraction of sp³-hybridized carbons (Fsp3) is 0.526. The zero-order chi connectivity index (χ0) is 63.3. The van der Waals surface area contributed by atoms with Crippen molar-refractivity contribution >= 4 is 0 Å². The van der Waals surface area contributed by atoms with Gasteiger partial charge in [-0.1, -0.05) is 24.1 Å². The fourth-order valence-corrected chi connectivity index (χ4v) is 29.7. The van der Waals surface area contributed by atoms with Crippen molar-refractivity contribution in [2.24, 2.45) is 116 Å². The smallest absolute Gasteiger partial charge is 0.197 e. The first-order valence-corrected chi connectivity index (χ1v) is 33.6. The van der Waals surface area contributed by atoms with E-state index in [1.165, 1.54) is 5.57 Å². The highest BCUT2D eigenvalue weighted by Crippen LogP contribution is 3.04. The molecule has 11 fully saturated rings. The van der Waals surface area contributed by atoms with E-state index in [9.17, 15) is 0 Å². The van der Waals surface area contributed by atoms with Crippen LogP contribution in [0.1, 0.15) is 125 Å². The summed E-state index contributed by atoms with van der Waals surface area (Å²) in [5.74, 6) is -28.4. The molecule has 20 bridgehead atoms. The molecule has 5 aromatic rings. The van der Waals surface area contributed by atoms with Gasteiger partial charge in [-0.05, 0) is 313 Å². The van der Waals surface area contributed by atoms with Crippen molar-refractivity contribution in [2.75, 3.05) is 0 Å². The van der Waals surface area contributed by atoms with Gasteiger partial charge in [0.1, 0.15) is 0 Å². The first-order valence-electron chi connectivity index (χ1n) is 33.6. The fourth-order valence-electron chi connectivity index (χ4n) is 29.7. The number of hydrogen-bond acceptors (Lipinski definition) is 0. The molecule has 5 aromatic carbocycles. The Morgan fingerprint density at radius 2 is 0.826 bits per heavy atom. The molecule has 0 radical (unpaired) electrons. The Hall–Kier alpha value is -5.80. The van der Waals surface area contributed by atoms with Crippen molar-refractivity contribution in [3.8, 4) is 0 Å². The lowest BCUT2D eigenvalue weighted by atomic mass is 9.60. The van der Waals surface area contributed by atoms with Crippen LogP contribution in [0.2, 0.25) is 0 Å². The Morgan fingerprint density at radius 3 is 1.40 bits per heavy atom. The van der Waals surface area contributed by atoms with Crippen molar-refractivity contribution in [3.05, 3.63) is 209 Å². The third kappa shape index (κ3) is 5.76. The van der Waals surface area contributed by atoms with Gasteiger partial charge in [-0.2, -0.15) is 0 Å². The van der Waals surface area contributed by atoms with Crippen LogP contribution in [0.5, 0.6) is 0 Å². The highest BCUT2D eigenvalue weighted by Gasteiger charge is 3.00. The van der Waals surface area contributed by atoms with E-state index in [1.807, 2.05) is 0 Å². The van der Waals surface area contributed by atoms with Crippen LogP contribution in [0, 0.1) is 209 Å². The van der Waals surface area contributed by atoms with E-state index in [1.54, 1.807) is 6.92 Å². The van der Waals surface area contributed by atoms with Gasteiger partial charge in [0.15, 0.2) is 93.1 Å². The predicted octanol–water partition coefficient (Wildman–Crippen LogP) is 19.2. The third-order valence-corrected chi connectivity index (χ3v) is 30.7. The predicted molar refractivity (Wildman–Crippen MR) is 303 cm³/mol. The summed E-state index contributed by atoms with van der Waals surface area (Å²) in [7, 11) is 0. The maximum Gasteiger partial charge on any atom is 0.197 e.